The van der Waals surface area contributed by atoms with Gasteiger partial charge in [-0.15, -0.1) is 0 Å². The van der Waals surface area contributed by atoms with Gasteiger partial charge in [0.1, 0.15) is 0 Å². The molecule has 0 atom stereocenters. The number of carbonyl (C=O) groups is 1. The predicted molar refractivity (Wildman–Crippen MR) is 121 cm³/mol. The zero-order valence-electron chi connectivity index (χ0n) is 17.0. The van der Waals surface area contributed by atoms with E-state index >= 15 is 0 Å². The normalized spacial score (nSPS) is 17.9. The Morgan fingerprint density at radius 2 is 1.48 bits per heavy atom. The van der Waals surface area contributed by atoms with E-state index in [2.05, 4.69) is 40.1 Å². The van der Waals surface area contributed by atoms with Crippen LogP contribution in [0.25, 0.3) is 0 Å². The third-order valence-electron chi connectivity index (χ3n) is 6.09. The summed E-state index contributed by atoms with van der Waals surface area (Å²) in [6.07, 6.45) is 4.80. The average molecular weight is 412 g/mol. The van der Waals surface area contributed by atoms with Crippen molar-refractivity contribution in [1.29, 1.82) is 0 Å². The van der Waals surface area contributed by atoms with Crippen LogP contribution < -0.4 is 9.80 Å². The summed E-state index contributed by atoms with van der Waals surface area (Å²) in [5.41, 5.74) is 3.59. The summed E-state index contributed by atoms with van der Waals surface area (Å²) in [5.74, 6) is 0.281. The molecule has 5 heteroatoms. The monoisotopic (exact) mass is 411 g/mol. The molecule has 2 aliphatic heterocycles. The van der Waals surface area contributed by atoms with E-state index in [1.54, 1.807) is 0 Å². The van der Waals surface area contributed by atoms with Gasteiger partial charge in [0, 0.05) is 44.8 Å². The Kier molecular flexibility index (Phi) is 6.73. The predicted octanol–water partition coefficient (Wildman–Crippen LogP) is 4.61. The summed E-state index contributed by atoms with van der Waals surface area (Å²) in [5, 5.41) is 0.836. The zero-order valence-corrected chi connectivity index (χ0v) is 17.8. The van der Waals surface area contributed by atoms with Crippen LogP contribution in [0, 0.1) is 0 Å². The highest BCUT2D eigenvalue weighted by Gasteiger charge is 2.22. The highest BCUT2D eigenvalue weighted by molar-refractivity contribution is 6.33. The van der Waals surface area contributed by atoms with Crippen LogP contribution in [0.15, 0.2) is 48.5 Å². The number of aryl methyl sites for hydroxylation is 1. The number of unbranched alkanes of at least 4 members (excludes halogenated alkanes) is 1. The second-order valence-corrected chi connectivity index (χ2v) is 8.42. The Bertz CT molecular complexity index is 832. The summed E-state index contributed by atoms with van der Waals surface area (Å²) in [4.78, 5) is 19.5. The molecule has 1 fully saturated rings. The second kappa shape index (κ2) is 9.64. The highest BCUT2D eigenvalue weighted by Crippen LogP contribution is 2.28. The molecule has 2 aromatic rings. The van der Waals surface area contributed by atoms with E-state index in [-0.39, 0.29) is 5.91 Å². The van der Waals surface area contributed by atoms with E-state index in [4.69, 9.17) is 11.6 Å². The zero-order chi connectivity index (χ0) is 20.1. The molecular weight excluding hydrogens is 382 g/mol. The number of piperazine rings is 1. The lowest BCUT2D eigenvalue weighted by Crippen LogP contribution is -2.46. The number of anilines is 2. The highest BCUT2D eigenvalue weighted by atomic mass is 35.5. The van der Waals surface area contributed by atoms with E-state index < -0.39 is 0 Å². The Balaban J connectivity index is 1.23. The quantitative estimate of drug-likeness (QED) is 0.649. The molecule has 0 bridgehead atoms. The lowest BCUT2D eigenvalue weighted by Gasteiger charge is -2.36. The summed E-state index contributed by atoms with van der Waals surface area (Å²) >= 11 is 6.34. The van der Waals surface area contributed by atoms with Gasteiger partial charge in [-0.25, -0.2) is 0 Å². The molecule has 1 amide bonds. The van der Waals surface area contributed by atoms with Crippen LogP contribution in [0.2, 0.25) is 5.02 Å². The molecule has 0 saturated carbocycles. The van der Waals surface area contributed by atoms with Gasteiger partial charge in [-0.3, -0.25) is 9.69 Å². The molecular formula is C24H30ClN3O. The van der Waals surface area contributed by atoms with Crippen molar-refractivity contribution in [3.63, 3.8) is 0 Å². The van der Waals surface area contributed by atoms with Gasteiger partial charge in [-0.1, -0.05) is 41.9 Å². The van der Waals surface area contributed by atoms with Gasteiger partial charge in [0.25, 0.3) is 0 Å². The molecule has 0 spiro atoms. The van der Waals surface area contributed by atoms with Crippen LogP contribution in [0.4, 0.5) is 11.4 Å². The van der Waals surface area contributed by atoms with E-state index in [9.17, 15) is 4.79 Å². The molecule has 0 N–H and O–H groups in total. The third kappa shape index (κ3) is 4.93. The van der Waals surface area contributed by atoms with Crippen molar-refractivity contribution in [2.75, 3.05) is 49.1 Å². The van der Waals surface area contributed by atoms with Crippen LogP contribution >= 0.6 is 11.6 Å². The van der Waals surface area contributed by atoms with Gasteiger partial charge < -0.3 is 9.80 Å². The maximum absolute atomic E-state index is 12.6. The molecule has 2 aliphatic rings. The summed E-state index contributed by atoms with van der Waals surface area (Å²) in [6, 6.07) is 16.5. The van der Waals surface area contributed by atoms with Gasteiger partial charge in [0.2, 0.25) is 5.91 Å². The molecule has 154 valence electrons. The largest absolute Gasteiger partial charge is 0.368 e. The minimum atomic E-state index is 0.281. The van der Waals surface area contributed by atoms with Crippen LogP contribution in [0.3, 0.4) is 0 Å². The van der Waals surface area contributed by atoms with Gasteiger partial charge in [0.15, 0.2) is 0 Å². The number of benzene rings is 2. The Morgan fingerprint density at radius 1 is 0.793 bits per heavy atom. The van der Waals surface area contributed by atoms with Crippen molar-refractivity contribution in [3.8, 4) is 0 Å². The fourth-order valence-corrected chi connectivity index (χ4v) is 4.71. The van der Waals surface area contributed by atoms with Crippen molar-refractivity contribution in [3.05, 3.63) is 59.1 Å². The van der Waals surface area contributed by atoms with Crippen LogP contribution in [-0.4, -0.2) is 50.1 Å². The third-order valence-corrected chi connectivity index (χ3v) is 6.41. The Labute approximate surface area is 179 Å². The Hall–Kier alpha value is -2.04. The fourth-order valence-electron chi connectivity index (χ4n) is 4.46. The number of nitrogens with zero attached hydrogens (tertiary/aromatic N) is 3. The number of hydrogen-bond donors (Lipinski definition) is 0. The molecule has 0 unspecified atom stereocenters. The van der Waals surface area contributed by atoms with Crippen LogP contribution in [-0.2, 0) is 11.2 Å². The molecule has 1 saturated heterocycles. The van der Waals surface area contributed by atoms with Crippen molar-refractivity contribution in [2.24, 2.45) is 0 Å². The van der Waals surface area contributed by atoms with Gasteiger partial charge in [-0.05, 0) is 56.0 Å². The summed E-state index contributed by atoms with van der Waals surface area (Å²) in [6.45, 7) is 6.09. The second-order valence-electron chi connectivity index (χ2n) is 8.01. The minimum absolute atomic E-state index is 0.281. The first kappa shape index (κ1) is 20.2. The maximum atomic E-state index is 12.6. The topological polar surface area (TPSA) is 26.8 Å². The minimum Gasteiger partial charge on any atom is -0.368 e. The average Bonchev–Trinajstić information content (AvgIpc) is 2.90. The van der Waals surface area contributed by atoms with Crippen molar-refractivity contribution in [1.82, 2.24) is 4.90 Å². The molecule has 4 rings (SSSR count). The SMILES string of the molecule is O=C1CCCc2ccccc2N1CCCCN1CCN(c2ccccc2Cl)CC1. The van der Waals surface area contributed by atoms with E-state index in [1.165, 1.54) is 5.56 Å². The molecule has 2 aromatic carbocycles. The number of para-hydroxylation sites is 2. The fraction of sp³-hybridized carbons (Fsp3) is 0.458. The number of rotatable bonds is 6. The molecule has 4 nitrogen and oxygen atoms in total. The lowest BCUT2D eigenvalue weighted by atomic mass is 10.1. The molecule has 2 heterocycles. The molecule has 0 radical (unpaired) electrons. The van der Waals surface area contributed by atoms with E-state index in [0.29, 0.717) is 6.42 Å². The van der Waals surface area contributed by atoms with Crippen molar-refractivity contribution >= 4 is 28.9 Å². The smallest absolute Gasteiger partial charge is 0.226 e. The number of fused-ring (bicyclic) bond motifs is 1. The van der Waals surface area contributed by atoms with Crippen molar-refractivity contribution < 1.29 is 4.79 Å². The van der Waals surface area contributed by atoms with Crippen LogP contribution in [0.5, 0.6) is 0 Å². The maximum Gasteiger partial charge on any atom is 0.226 e. The number of carbonyl (C=O) groups excluding carboxylic acids is 1. The molecule has 29 heavy (non-hydrogen) atoms. The number of halogens is 1. The first-order valence-corrected chi connectivity index (χ1v) is 11.2. The summed E-state index contributed by atoms with van der Waals surface area (Å²) in [7, 11) is 0. The van der Waals surface area contributed by atoms with Gasteiger partial charge in [-0.2, -0.15) is 0 Å². The number of amides is 1. The lowest BCUT2D eigenvalue weighted by molar-refractivity contribution is -0.118. The molecule has 0 aromatic heterocycles. The Morgan fingerprint density at radius 3 is 2.28 bits per heavy atom. The first-order chi connectivity index (χ1) is 14.2. The van der Waals surface area contributed by atoms with Crippen molar-refractivity contribution in [2.45, 2.75) is 32.1 Å². The van der Waals surface area contributed by atoms with Crippen LogP contribution in [0.1, 0.15) is 31.2 Å². The first-order valence-electron chi connectivity index (χ1n) is 10.8. The van der Waals surface area contributed by atoms with Gasteiger partial charge >= 0.3 is 0 Å². The number of hydrogen-bond acceptors (Lipinski definition) is 3. The standard InChI is InChI=1S/C24H30ClN3O/c25-21-10-2-4-12-23(21)27-18-16-26(17-19-27)14-5-6-15-28-22-11-3-1-8-20(22)9-7-13-24(28)29/h1-4,8,10-12H,5-7,9,13-19H2. The van der Waals surface area contributed by atoms with E-state index in [0.717, 1.165) is 81.3 Å². The summed E-state index contributed by atoms with van der Waals surface area (Å²) < 4.78 is 0. The molecule has 0 aliphatic carbocycles. The van der Waals surface area contributed by atoms with E-state index in [1.807, 2.05) is 23.1 Å². The van der Waals surface area contributed by atoms with Gasteiger partial charge in [0.05, 0.1) is 10.7 Å².